The largest absolute Gasteiger partial charge is 0.459 e. The Morgan fingerprint density at radius 1 is 0.517 bits per heavy atom. The summed E-state index contributed by atoms with van der Waals surface area (Å²) in [5, 5.41) is 0. The monoisotopic (exact) mass is 1230 g/mol. The number of ketones is 3. The molecule has 4 aliphatic carbocycles. The number of alkyl halides is 9. The zero-order valence-electron chi connectivity index (χ0n) is 50.3. The highest BCUT2D eigenvalue weighted by Crippen LogP contribution is 2.69. The van der Waals surface area contributed by atoms with E-state index in [-0.39, 0.29) is 72.0 Å². The van der Waals surface area contributed by atoms with E-state index in [2.05, 4.69) is 27.7 Å². The van der Waals surface area contributed by atoms with Gasteiger partial charge in [0, 0.05) is 47.5 Å². The summed E-state index contributed by atoms with van der Waals surface area (Å²) < 4.78 is 139. The van der Waals surface area contributed by atoms with Crippen molar-refractivity contribution >= 4 is 41.2 Å². The quantitative estimate of drug-likeness (QED) is 0.0237. The van der Waals surface area contributed by atoms with Gasteiger partial charge < -0.3 is 19.1 Å². The number of Topliss-reactive ketones (excluding diaryl/α,β-unsaturated/α-hetero) is 3. The Hall–Kier alpha value is -6.08. The van der Waals surface area contributed by atoms with Crippen molar-refractivity contribution in [2.24, 2.45) is 46.3 Å². The number of nitrogens with zero attached hydrogens (tertiary/aromatic N) is 1. The zero-order valence-corrected chi connectivity index (χ0v) is 50.3. The number of hydrogen-bond donors (Lipinski definition) is 0. The minimum Gasteiger partial charge on any atom is -0.459 e. The van der Waals surface area contributed by atoms with Crippen molar-refractivity contribution in [1.82, 2.24) is 4.90 Å². The Bertz CT molecular complexity index is 2850. The molecule has 0 aliphatic heterocycles. The molecule has 478 valence electrons. The summed E-state index contributed by atoms with van der Waals surface area (Å²) in [7, 11) is 0. The Balaban J connectivity index is 1.21. The summed E-state index contributed by atoms with van der Waals surface area (Å²) >= 11 is 0. The molecular weight excluding hydrogens is 1150 g/mol. The third-order valence-electron chi connectivity index (χ3n) is 19.9. The second kappa shape index (κ2) is 29.0. The molecule has 11 nitrogen and oxygen atoms in total. The molecular formula is C67H82F9NO10. The summed E-state index contributed by atoms with van der Waals surface area (Å²) in [5.41, 5.74) is -3.89. The third kappa shape index (κ3) is 16.4. The number of fused-ring (bicyclic) bond motifs is 5. The first kappa shape index (κ1) is 68.4. The van der Waals surface area contributed by atoms with Crippen molar-refractivity contribution in [2.45, 2.75) is 206 Å². The van der Waals surface area contributed by atoms with Crippen LogP contribution in [0, 0.1) is 46.3 Å². The normalized spacial score (nSPS) is 25.7. The van der Waals surface area contributed by atoms with Gasteiger partial charge in [-0.15, -0.1) is 0 Å². The Morgan fingerprint density at radius 3 is 1.38 bits per heavy atom. The minimum atomic E-state index is -5.17. The molecule has 4 aliphatic rings. The number of unbranched alkanes of at least 4 members (excludes halogenated alkanes) is 10. The number of halogens is 9. The molecule has 7 rings (SSSR count). The average Bonchev–Trinajstić information content (AvgIpc) is 1.69. The molecule has 0 spiro atoms. The predicted octanol–water partition coefficient (Wildman–Crippen LogP) is 16.7. The molecule has 0 N–H and O–H groups in total. The van der Waals surface area contributed by atoms with Crippen molar-refractivity contribution < 1.29 is 87.3 Å². The number of ether oxygens (including phenoxy) is 3. The first-order chi connectivity index (χ1) is 41.0. The van der Waals surface area contributed by atoms with E-state index < -0.39 is 111 Å². The third-order valence-corrected chi connectivity index (χ3v) is 19.9. The van der Waals surface area contributed by atoms with Gasteiger partial charge in [0.1, 0.15) is 18.3 Å². The van der Waals surface area contributed by atoms with E-state index in [0.29, 0.717) is 45.2 Å². The number of esters is 3. The van der Waals surface area contributed by atoms with Gasteiger partial charge in [-0.1, -0.05) is 135 Å². The number of carbonyl (C=O) groups is 7. The molecule has 11 atom stereocenters. The minimum absolute atomic E-state index is 0.0634. The van der Waals surface area contributed by atoms with Gasteiger partial charge in [0.2, 0.25) is 5.91 Å². The molecule has 0 radical (unpaired) electrons. The molecule has 3 aromatic rings. The fourth-order valence-electron chi connectivity index (χ4n) is 15.1. The van der Waals surface area contributed by atoms with Crippen LogP contribution in [-0.4, -0.2) is 96.0 Å². The van der Waals surface area contributed by atoms with E-state index in [1.165, 1.54) is 0 Å². The maximum atomic E-state index is 14.5. The molecule has 4 saturated carbocycles. The highest BCUT2D eigenvalue weighted by Gasteiger charge is 2.68. The molecule has 87 heavy (non-hydrogen) atoms. The first-order valence-electron chi connectivity index (χ1n) is 31.1. The summed E-state index contributed by atoms with van der Waals surface area (Å²) in [6.07, 6.45) is -1.76. The molecule has 1 amide bonds. The van der Waals surface area contributed by atoms with Crippen molar-refractivity contribution in [3.05, 3.63) is 106 Å². The standard InChI is InChI=1S/C67H82F9NO10/c1-6-8-10-12-14-16-36-77(37-17-15-13-11-9-7-2)55(78)33-18-41(3)50-31-32-51-56-52(40-54(64(50,51)5)87-62(84)47-29-23-44(24-30-47)59(81)67(74,75)76)63(4)35-34-49(85-60(82)45-25-19-42(20-26-45)57(79)65(68,69)70)38-48(63)39-53(56)86-61(83)46-27-21-43(22-28-46)58(80)66(71,72)73/h19-30,41,48-54,56H,6-18,31-40H2,1-5H3/t41-,48+,49-,50-,51+,52+,53-,54+,56+,63+,64-/m1/s1. The second-order valence-electron chi connectivity index (χ2n) is 25.3. The number of carbonyl (C=O) groups excluding carboxylic acids is 7. The van der Waals surface area contributed by atoms with E-state index in [0.717, 1.165) is 150 Å². The van der Waals surface area contributed by atoms with Crippen molar-refractivity contribution in [3.63, 3.8) is 0 Å². The molecule has 0 saturated heterocycles. The number of hydrogen-bond acceptors (Lipinski definition) is 10. The van der Waals surface area contributed by atoms with Crippen molar-refractivity contribution in [2.75, 3.05) is 13.1 Å². The van der Waals surface area contributed by atoms with E-state index in [9.17, 15) is 73.1 Å². The highest BCUT2D eigenvalue weighted by atomic mass is 19.4. The summed E-state index contributed by atoms with van der Waals surface area (Å²) in [6, 6.07) is 11.9. The van der Waals surface area contributed by atoms with Gasteiger partial charge in [0.25, 0.3) is 17.3 Å². The van der Waals surface area contributed by atoms with Crippen molar-refractivity contribution in [1.29, 1.82) is 0 Å². The lowest BCUT2D eigenvalue weighted by Gasteiger charge is -2.64. The Morgan fingerprint density at radius 2 is 0.931 bits per heavy atom. The molecule has 0 heterocycles. The van der Waals surface area contributed by atoms with Gasteiger partial charge in [-0.05, 0) is 136 Å². The van der Waals surface area contributed by atoms with Crippen LogP contribution in [0.1, 0.15) is 232 Å². The van der Waals surface area contributed by atoms with Gasteiger partial charge in [-0.2, -0.15) is 39.5 Å². The average molecular weight is 1230 g/mol. The van der Waals surface area contributed by atoms with Crippen LogP contribution in [0.2, 0.25) is 0 Å². The number of benzene rings is 3. The van der Waals surface area contributed by atoms with Gasteiger partial charge in [-0.3, -0.25) is 19.2 Å². The Kier molecular flexibility index (Phi) is 22.8. The molecule has 0 bridgehead atoms. The van der Waals surface area contributed by atoms with Gasteiger partial charge in [0.05, 0.1) is 16.7 Å². The van der Waals surface area contributed by atoms with Crippen LogP contribution in [-0.2, 0) is 19.0 Å². The van der Waals surface area contributed by atoms with Gasteiger partial charge in [0.15, 0.2) is 0 Å². The lowest BCUT2D eigenvalue weighted by molar-refractivity contribution is -0.207. The predicted molar refractivity (Wildman–Crippen MR) is 306 cm³/mol. The topological polar surface area (TPSA) is 150 Å². The van der Waals surface area contributed by atoms with Crippen LogP contribution in [0.15, 0.2) is 72.8 Å². The summed E-state index contributed by atoms with van der Waals surface area (Å²) in [6.45, 7) is 11.9. The summed E-state index contributed by atoms with van der Waals surface area (Å²) in [4.78, 5) is 95.1. The maximum absolute atomic E-state index is 14.5. The van der Waals surface area contributed by atoms with E-state index in [1.54, 1.807) is 0 Å². The van der Waals surface area contributed by atoms with E-state index in [4.69, 9.17) is 14.2 Å². The van der Waals surface area contributed by atoms with Crippen LogP contribution in [0.5, 0.6) is 0 Å². The van der Waals surface area contributed by atoms with Crippen LogP contribution < -0.4 is 0 Å². The summed E-state index contributed by atoms with van der Waals surface area (Å²) in [5.74, 6) is -10.7. The van der Waals surface area contributed by atoms with Crippen LogP contribution in [0.3, 0.4) is 0 Å². The number of amides is 1. The Labute approximate surface area is 503 Å². The highest BCUT2D eigenvalue weighted by molar-refractivity contribution is 6.02. The number of rotatable bonds is 27. The molecule has 0 aromatic heterocycles. The SMILES string of the molecule is CCCCCCCCN(CCCCCCCC)C(=O)CC[C@@H](C)[C@H]1CC[C@H]2[C@@H]3[C@H](OC(=O)c4ccc(C(=O)C(F)(F)F)cc4)C[C@@H]4C[C@H](OC(=O)c5ccc(C(=O)C(F)(F)F)cc5)CC[C@]4(C)[C@H]3C[C@H](OC(=O)c3ccc(C(=O)C(F)(F)F)cc3)[C@]12C. The smallest absolute Gasteiger partial charge is 0.454 e. The van der Waals surface area contributed by atoms with Gasteiger partial charge in [-0.25, -0.2) is 14.4 Å². The van der Waals surface area contributed by atoms with Gasteiger partial charge >= 0.3 is 36.4 Å². The van der Waals surface area contributed by atoms with E-state index in [1.807, 2.05) is 11.8 Å². The van der Waals surface area contributed by atoms with E-state index >= 15 is 0 Å². The fraction of sp³-hybridized carbons (Fsp3) is 0.627. The maximum Gasteiger partial charge on any atom is 0.454 e. The molecule has 4 fully saturated rings. The van der Waals surface area contributed by atoms with Crippen LogP contribution >= 0.6 is 0 Å². The zero-order chi connectivity index (χ0) is 63.6. The fourth-order valence-corrected chi connectivity index (χ4v) is 15.1. The second-order valence-corrected chi connectivity index (χ2v) is 25.3. The lowest BCUT2D eigenvalue weighted by Crippen LogP contribution is -2.63. The first-order valence-corrected chi connectivity index (χ1v) is 31.1. The lowest BCUT2D eigenvalue weighted by atomic mass is 9.43. The molecule has 3 aromatic carbocycles. The molecule has 20 heteroatoms. The molecule has 0 unspecified atom stereocenters. The van der Waals surface area contributed by atoms with Crippen LogP contribution in [0.25, 0.3) is 0 Å². The van der Waals surface area contributed by atoms with Crippen molar-refractivity contribution in [3.8, 4) is 0 Å². The van der Waals surface area contributed by atoms with Crippen LogP contribution in [0.4, 0.5) is 39.5 Å².